The van der Waals surface area contributed by atoms with Crippen LogP contribution in [0.15, 0.2) is 36.4 Å². The van der Waals surface area contributed by atoms with Crippen molar-refractivity contribution in [3.05, 3.63) is 64.2 Å². The SMILES string of the molecule is CCCCCCCCc1ccccc1OC(c1c(C(C)(C)C)cc(C)cc1C(C)(C)C)C(CO)(COP(O)O)COP(O)O. The van der Waals surface area contributed by atoms with Gasteiger partial charge in [0, 0.05) is 5.56 Å². The molecule has 0 aliphatic rings. The number of para-hydroxylation sites is 1. The number of hydrogen-bond acceptors (Lipinski definition) is 8. The van der Waals surface area contributed by atoms with Crippen LogP contribution in [-0.4, -0.2) is 44.5 Å². The molecule has 0 saturated carbocycles. The van der Waals surface area contributed by atoms with Gasteiger partial charge in [-0.25, -0.2) is 0 Å². The smallest absolute Gasteiger partial charge is 0.327 e. The Morgan fingerprint density at radius 3 is 1.73 bits per heavy atom. The number of benzene rings is 2. The van der Waals surface area contributed by atoms with Crippen molar-refractivity contribution in [1.29, 1.82) is 0 Å². The topological polar surface area (TPSA) is 129 Å². The number of ether oxygens (including phenoxy) is 1. The molecule has 2 aromatic carbocycles. The molecule has 10 heteroatoms. The molecule has 0 spiro atoms. The second-order valence-corrected chi connectivity index (χ2v) is 15.5. The molecule has 0 fully saturated rings. The molecule has 250 valence electrons. The summed E-state index contributed by atoms with van der Waals surface area (Å²) in [6.07, 6.45) is 6.88. The standard InChI is InChI=1S/C34H56O8P2/c1-9-10-11-12-13-14-17-26-18-15-16-19-29(26)42-31(34(22-35,23-40-43(36)37)24-41-44(38)39)30-27(32(3,4)5)20-25(2)21-28(30)33(6,7)8/h15-16,18-21,31,35-39H,9-14,17,22-24H2,1-8H3. The van der Waals surface area contributed by atoms with E-state index in [1.165, 1.54) is 25.7 Å². The number of hydrogen-bond donors (Lipinski definition) is 5. The van der Waals surface area contributed by atoms with Gasteiger partial charge in [0.15, 0.2) is 0 Å². The maximum absolute atomic E-state index is 11.1. The third-order valence-electron chi connectivity index (χ3n) is 8.03. The van der Waals surface area contributed by atoms with Gasteiger partial charge in [0.05, 0.1) is 25.2 Å². The van der Waals surface area contributed by atoms with Crippen LogP contribution in [0.3, 0.4) is 0 Å². The number of unbranched alkanes of at least 4 members (excludes halogenated alkanes) is 5. The summed E-state index contributed by atoms with van der Waals surface area (Å²) < 4.78 is 17.8. The fourth-order valence-electron chi connectivity index (χ4n) is 5.60. The zero-order valence-corrected chi connectivity index (χ0v) is 29.8. The molecule has 2 rings (SSSR count). The molecule has 0 amide bonds. The average molecular weight is 655 g/mol. The lowest BCUT2D eigenvalue weighted by atomic mass is 9.69. The Hall–Kier alpha value is -1.18. The van der Waals surface area contributed by atoms with Crippen LogP contribution in [0.25, 0.3) is 0 Å². The highest BCUT2D eigenvalue weighted by molar-refractivity contribution is 7.39. The van der Waals surface area contributed by atoms with Crippen LogP contribution >= 0.6 is 17.2 Å². The summed E-state index contributed by atoms with van der Waals surface area (Å²) in [5, 5.41) is 11.1. The lowest BCUT2D eigenvalue weighted by molar-refractivity contribution is -0.0667. The minimum Gasteiger partial charge on any atom is -0.485 e. The van der Waals surface area contributed by atoms with Gasteiger partial charge in [0.1, 0.15) is 11.9 Å². The number of aryl methyl sites for hydroxylation is 2. The van der Waals surface area contributed by atoms with Crippen LogP contribution < -0.4 is 4.74 Å². The van der Waals surface area contributed by atoms with E-state index in [4.69, 9.17) is 13.8 Å². The molecular formula is C34H56O8P2. The van der Waals surface area contributed by atoms with E-state index in [-0.39, 0.29) is 24.0 Å². The lowest BCUT2D eigenvalue weighted by Crippen LogP contribution is -2.45. The Labute approximate surface area is 267 Å². The van der Waals surface area contributed by atoms with Gasteiger partial charge in [-0.3, -0.25) is 0 Å². The highest BCUT2D eigenvalue weighted by atomic mass is 31.2. The molecule has 2 aromatic rings. The lowest BCUT2D eigenvalue weighted by Gasteiger charge is -2.43. The first kappa shape index (κ1) is 39.0. The maximum atomic E-state index is 11.1. The van der Waals surface area contributed by atoms with Gasteiger partial charge < -0.3 is 38.5 Å². The summed E-state index contributed by atoms with van der Waals surface area (Å²) in [5.41, 5.74) is 2.83. The van der Waals surface area contributed by atoms with Crippen LogP contribution in [-0.2, 0) is 26.3 Å². The van der Waals surface area contributed by atoms with E-state index in [2.05, 4.69) is 73.6 Å². The summed E-state index contributed by atoms with van der Waals surface area (Å²) in [5.74, 6) is 0.648. The Kier molecular flexibility index (Phi) is 15.7. The first-order valence-corrected chi connectivity index (χ1v) is 18.0. The molecule has 0 aromatic heterocycles. The largest absolute Gasteiger partial charge is 0.485 e. The minimum absolute atomic E-state index is 0.342. The van der Waals surface area contributed by atoms with E-state index in [9.17, 15) is 24.7 Å². The van der Waals surface area contributed by atoms with Crippen LogP contribution in [0.4, 0.5) is 0 Å². The van der Waals surface area contributed by atoms with E-state index in [1.54, 1.807) is 0 Å². The summed E-state index contributed by atoms with van der Waals surface area (Å²) in [6, 6.07) is 12.1. The fourth-order valence-corrected chi connectivity index (χ4v) is 6.34. The van der Waals surface area contributed by atoms with E-state index in [0.717, 1.165) is 47.1 Å². The maximum Gasteiger partial charge on any atom is 0.327 e. The second-order valence-electron chi connectivity index (χ2n) is 14.0. The van der Waals surface area contributed by atoms with E-state index in [0.29, 0.717) is 5.75 Å². The number of aliphatic hydroxyl groups excluding tert-OH is 1. The molecule has 5 N–H and O–H groups in total. The third kappa shape index (κ3) is 11.6. The van der Waals surface area contributed by atoms with Crippen molar-refractivity contribution in [2.24, 2.45) is 5.41 Å². The highest BCUT2D eigenvalue weighted by Gasteiger charge is 2.47. The molecule has 8 nitrogen and oxygen atoms in total. The molecule has 0 aliphatic heterocycles. The van der Waals surface area contributed by atoms with Gasteiger partial charge in [-0.2, -0.15) is 0 Å². The van der Waals surface area contributed by atoms with Gasteiger partial charge in [-0.1, -0.05) is 116 Å². The Bertz CT molecular complexity index is 1090. The van der Waals surface area contributed by atoms with Crippen molar-refractivity contribution >= 4 is 17.2 Å². The second kappa shape index (κ2) is 17.7. The molecule has 0 radical (unpaired) electrons. The fraction of sp³-hybridized carbons (Fsp3) is 0.647. The van der Waals surface area contributed by atoms with Crippen molar-refractivity contribution in [2.75, 3.05) is 19.8 Å². The molecule has 44 heavy (non-hydrogen) atoms. The molecule has 1 atom stereocenters. The van der Waals surface area contributed by atoms with Crippen LogP contribution in [0.1, 0.15) is 121 Å². The van der Waals surface area contributed by atoms with Crippen LogP contribution in [0, 0.1) is 12.3 Å². The van der Waals surface area contributed by atoms with Gasteiger partial charge in [0.2, 0.25) is 0 Å². The van der Waals surface area contributed by atoms with Gasteiger partial charge in [-0.05, 0) is 53.4 Å². The molecule has 0 bridgehead atoms. The van der Waals surface area contributed by atoms with Gasteiger partial charge in [-0.15, -0.1) is 0 Å². The average Bonchev–Trinajstić information content (AvgIpc) is 2.93. The Morgan fingerprint density at radius 1 is 0.750 bits per heavy atom. The van der Waals surface area contributed by atoms with Gasteiger partial charge in [0.25, 0.3) is 0 Å². The van der Waals surface area contributed by atoms with Gasteiger partial charge >= 0.3 is 17.2 Å². The first-order chi connectivity index (χ1) is 20.6. The van der Waals surface area contributed by atoms with Crippen molar-refractivity contribution < 1.29 is 38.5 Å². The first-order valence-electron chi connectivity index (χ1n) is 15.7. The van der Waals surface area contributed by atoms with Crippen LogP contribution in [0.5, 0.6) is 5.75 Å². The van der Waals surface area contributed by atoms with Crippen molar-refractivity contribution in [1.82, 2.24) is 0 Å². The van der Waals surface area contributed by atoms with Crippen molar-refractivity contribution in [2.45, 2.75) is 117 Å². The van der Waals surface area contributed by atoms with E-state index in [1.807, 2.05) is 18.2 Å². The zero-order chi connectivity index (χ0) is 33.1. The summed E-state index contributed by atoms with van der Waals surface area (Å²) in [4.78, 5) is 39.2. The summed E-state index contributed by atoms with van der Waals surface area (Å²) in [7, 11) is -5.56. The normalized spacial score (nSPS) is 13.6. The molecule has 1 unspecified atom stereocenters. The minimum atomic E-state index is -2.78. The quantitative estimate of drug-likeness (QED) is 0.0807. The van der Waals surface area contributed by atoms with Crippen LogP contribution in [0.2, 0.25) is 0 Å². The molecular weight excluding hydrogens is 598 g/mol. The van der Waals surface area contributed by atoms with E-state index < -0.39 is 35.3 Å². The molecule has 0 saturated heterocycles. The Morgan fingerprint density at radius 2 is 1.25 bits per heavy atom. The van der Waals surface area contributed by atoms with Crippen molar-refractivity contribution in [3.8, 4) is 5.75 Å². The predicted molar refractivity (Wildman–Crippen MR) is 180 cm³/mol. The Balaban J connectivity index is 2.83. The van der Waals surface area contributed by atoms with Crippen molar-refractivity contribution in [3.63, 3.8) is 0 Å². The zero-order valence-electron chi connectivity index (χ0n) is 28.0. The third-order valence-corrected chi connectivity index (χ3v) is 8.75. The summed E-state index contributed by atoms with van der Waals surface area (Å²) in [6.45, 7) is 15.7. The monoisotopic (exact) mass is 654 g/mol. The summed E-state index contributed by atoms with van der Waals surface area (Å²) >= 11 is 0. The van der Waals surface area contributed by atoms with E-state index >= 15 is 0 Å². The predicted octanol–water partition coefficient (Wildman–Crippen LogP) is 8.05. The molecule has 0 aliphatic carbocycles. The number of aliphatic hydroxyl groups is 1. The molecule has 0 heterocycles. The number of rotatable bonds is 18. The highest BCUT2D eigenvalue weighted by Crippen LogP contribution is 2.49.